The predicted octanol–water partition coefficient (Wildman–Crippen LogP) is 3.18. The van der Waals surface area contributed by atoms with Crippen LogP contribution in [0.2, 0.25) is 0 Å². The molecule has 3 fully saturated rings. The number of rotatable bonds is 7. The molecule has 8 atom stereocenters. The lowest BCUT2D eigenvalue weighted by Gasteiger charge is -2.54. The summed E-state index contributed by atoms with van der Waals surface area (Å²) < 4.78 is 18.4. The monoisotopic (exact) mass is 655 g/mol. The van der Waals surface area contributed by atoms with Crippen LogP contribution >= 0.6 is 0 Å². The Morgan fingerprint density at radius 2 is 1.73 bits per heavy atom. The molecule has 48 heavy (non-hydrogen) atoms. The van der Waals surface area contributed by atoms with Crippen molar-refractivity contribution in [1.82, 2.24) is 4.98 Å². The molecule has 2 saturated heterocycles. The molecule has 1 saturated carbocycles. The number of aromatic amines is 1. The number of hydrogen-bond donors (Lipinski definition) is 7. The predicted molar refractivity (Wildman–Crippen MR) is 174 cm³/mol. The molecule has 8 rings (SSSR count). The van der Waals surface area contributed by atoms with E-state index in [0.29, 0.717) is 23.7 Å². The summed E-state index contributed by atoms with van der Waals surface area (Å²) in [6.45, 7) is -0.729. The first-order chi connectivity index (χ1) is 23.1. The SMILES string of the molecule is O=C(Oc1c(CO)[nH]c2ccc3cc4ccccc4cc3c12)C1OC2(O)C(O)CCC3CC(C(CO)Cc4ccc(O)cc4)OC1C32O. The second-order valence-electron chi connectivity index (χ2n) is 13.4. The van der Waals surface area contributed by atoms with E-state index in [4.69, 9.17) is 14.2 Å². The molecule has 11 nitrogen and oxygen atoms in total. The van der Waals surface area contributed by atoms with Gasteiger partial charge in [0.2, 0.25) is 5.79 Å². The van der Waals surface area contributed by atoms with Gasteiger partial charge in [-0.3, -0.25) is 0 Å². The summed E-state index contributed by atoms with van der Waals surface area (Å²) in [6, 6.07) is 22.3. The molecule has 7 N–H and O–H groups in total. The van der Waals surface area contributed by atoms with Gasteiger partial charge in [-0.05, 0) is 89.0 Å². The van der Waals surface area contributed by atoms with Crippen molar-refractivity contribution in [3.05, 3.63) is 84.1 Å². The Balaban J connectivity index is 1.17. The van der Waals surface area contributed by atoms with E-state index in [0.717, 1.165) is 27.1 Å². The van der Waals surface area contributed by atoms with Crippen LogP contribution in [-0.4, -0.2) is 84.0 Å². The molecule has 0 spiro atoms. The number of benzene rings is 4. The third-order valence-corrected chi connectivity index (χ3v) is 10.8. The third-order valence-electron chi connectivity index (χ3n) is 10.8. The number of carbonyl (C=O) groups is 1. The van der Waals surface area contributed by atoms with Crippen LogP contribution in [0.5, 0.6) is 11.5 Å². The van der Waals surface area contributed by atoms with E-state index >= 15 is 0 Å². The van der Waals surface area contributed by atoms with Crippen LogP contribution < -0.4 is 4.74 Å². The number of aromatic nitrogens is 1. The van der Waals surface area contributed by atoms with E-state index in [9.17, 15) is 35.4 Å². The Kier molecular flexibility index (Phi) is 7.49. The number of fused-ring (bicyclic) bond motifs is 4. The van der Waals surface area contributed by atoms with Crippen LogP contribution in [0, 0.1) is 11.8 Å². The van der Waals surface area contributed by atoms with E-state index in [1.807, 2.05) is 48.5 Å². The molecule has 11 heteroatoms. The number of aromatic hydroxyl groups is 1. The Labute approximate surface area is 274 Å². The number of aliphatic hydroxyl groups is 5. The second-order valence-corrected chi connectivity index (χ2v) is 13.4. The standard InChI is InChI=1S/C37H37NO10/c39-17-23(13-19-5-9-25(41)10-6-19)29-16-24-8-12-30(42)37(45)36(24,44)34(46-29)33(48-37)35(43)47-32-28(18-40)38-27-11-7-22-14-20-3-1-2-4-21(20)15-26(22)31(27)32/h1-7,9-11,14-15,23-24,29-30,33-34,38-42,44-45H,8,12-13,16-18H2. The molecule has 5 aromatic rings. The molecular formula is C37H37NO10. The van der Waals surface area contributed by atoms with Crippen molar-refractivity contribution in [2.45, 2.75) is 68.1 Å². The van der Waals surface area contributed by atoms with Crippen molar-refractivity contribution in [2.75, 3.05) is 6.61 Å². The van der Waals surface area contributed by atoms with Crippen LogP contribution in [0.3, 0.4) is 0 Å². The Hall–Kier alpha value is -4.07. The molecule has 1 aliphatic carbocycles. The summed E-state index contributed by atoms with van der Waals surface area (Å²) in [6.07, 6.45) is -4.16. The molecular weight excluding hydrogens is 618 g/mol. The number of aliphatic hydroxyl groups excluding tert-OH is 3. The van der Waals surface area contributed by atoms with Gasteiger partial charge in [0.1, 0.15) is 18.0 Å². The maximum Gasteiger partial charge on any atom is 0.343 e. The second kappa shape index (κ2) is 11.5. The number of nitrogens with one attached hydrogen (secondary N) is 1. The van der Waals surface area contributed by atoms with Gasteiger partial charge in [0.15, 0.2) is 17.5 Å². The Morgan fingerprint density at radius 3 is 2.46 bits per heavy atom. The molecule has 0 bridgehead atoms. The highest BCUT2D eigenvalue weighted by atomic mass is 16.7. The summed E-state index contributed by atoms with van der Waals surface area (Å²) in [5.74, 6) is -4.36. The summed E-state index contributed by atoms with van der Waals surface area (Å²) in [5.41, 5.74) is -0.412. The fourth-order valence-electron chi connectivity index (χ4n) is 8.27. The maximum absolute atomic E-state index is 14.2. The largest absolute Gasteiger partial charge is 0.508 e. The van der Waals surface area contributed by atoms with Gasteiger partial charge >= 0.3 is 5.97 Å². The van der Waals surface area contributed by atoms with E-state index in [1.54, 1.807) is 24.3 Å². The zero-order valence-electron chi connectivity index (χ0n) is 26.0. The minimum absolute atomic E-state index is 0.0841. The number of phenols is 1. The van der Waals surface area contributed by atoms with Gasteiger partial charge in [0.05, 0.1) is 29.3 Å². The number of hydrogen-bond acceptors (Lipinski definition) is 10. The molecule has 8 unspecified atom stereocenters. The smallest absolute Gasteiger partial charge is 0.343 e. The minimum atomic E-state index is -2.51. The van der Waals surface area contributed by atoms with Crippen LogP contribution in [0.15, 0.2) is 72.8 Å². The molecule has 3 aliphatic rings. The lowest BCUT2D eigenvalue weighted by atomic mass is 9.63. The van der Waals surface area contributed by atoms with E-state index in [-0.39, 0.29) is 36.6 Å². The topological polar surface area (TPSA) is 182 Å². The van der Waals surface area contributed by atoms with Gasteiger partial charge in [0.25, 0.3) is 0 Å². The summed E-state index contributed by atoms with van der Waals surface area (Å²) in [4.78, 5) is 17.3. The number of phenolic OH excluding ortho intramolecular Hbond substituents is 1. The van der Waals surface area contributed by atoms with Crippen molar-refractivity contribution >= 4 is 38.4 Å². The van der Waals surface area contributed by atoms with Crippen LogP contribution in [-0.2, 0) is 27.3 Å². The van der Waals surface area contributed by atoms with E-state index in [1.165, 1.54) is 0 Å². The number of carbonyl (C=O) groups excluding carboxylic acids is 1. The van der Waals surface area contributed by atoms with Gasteiger partial charge in [-0.15, -0.1) is 0 Å². The fraction of sp³-hybridized carbons (Fsp3) is 0.378. The molecule has 3 heterocycles. The van der Waals surface area contributed by atoms with Gasteiger partial charge in [-0.1, -0.05) is 42.5 Å². The molecule has 0 radical (unpaired) electrons. The van der Waals surface area contributed by atoms with Crippen LogP contribution in [0.4, 0.5) is 0 Å². The molecule has 2 aliphatic heterocycles. The zero-order chi connectivity index (χ0) is 33.4. The highest BCUT2D eigenvalue weighted by molar-refractivity contribution is 6.14. The highest BCUT2D eigenvalue weighted by Gasteiger charge is 2.76. The lowest BCUT2D eigenvalue weighted by molar-refractivity contribution is -0.349. The first-order valence-corrected chi connectivity index (χ1v) is 16.3. The fourth-order valence-corrected chi connectivity index (χ4v) is 8.27. The summed E-state index contributed by atoms with van der Waals surface area (Å²) in [5, 5.41) is 69.5. The van der Waals surface area contributed by atoms with Crippen LogP contribution in [0.1, 0.15) is 30.5 Å². The van der Waals surface area contributed by atoms with Crippen molar-refractivity contribution in [1.29, 1.82) is 0 Å². The van der Waals surface area contributed by atoms with Gasteiger partial charge in [-0.2, -0.15) is 0 Å². The van der Waals surface area contributed by atoms with Gasteiger partial charge < -0.3 is 49.8 Å². The third kappa shape index (κ3) is 4.65. The van der Waals surface area contributed by atoms with Crippen molar-refractivity contribution in [3.8, 4) is 11.5 Å². The average Bonchev–Trinajstić information content (AvgIpc) is 3.57. The summed E-state index contributed by atoms with van der Waals surface area (Å²) >= 11 is 0. The number of H-pyrrole nitrogens is 1. The Morgan fingerprint density at radius 1 is 0.979 bits per heavy atom. The molecule has 1 aromatic heterocycles. The number of esters is 1. The van der Waals surface area contributed by atoms with Crippen molar-refractivity contribution < 1.29 is 49.6 Å². The highest BCUT2D eigenvalue weighted by Crippen LogP contribution is 2.57. The first-order valence-electron chi connectivity index (χ1n) is 16.3. The zero-order valence-corrected chi connectivity index (χ0v) is 26.0. The normalized spacial score (nSPS) is 30.5. The van der Waals surface area contributed by atoms with Gasteiger partial charge in [-0.25, -0.2) is 4.79 Å². The average molecular weight is 656 g/mol. The van der Waals surface area contributed by atoms with Crippen molar-refractivity contribution in [3.63, 3.8) is 0 Å². The molecule has 4 aromatic carbocycles. The minimum Gasteiger partial charge on any atom is -0.508 e. The summed E-state index contributed by atoms with van der Waals surface area (Å²) in [7, 11) is 0. The first kappa shape index (κ1) is 31.2. The van der Waals surface area contributed by atoms with Gasteiger partial charge in [0, 0.05) is 12.5 Å². The maximum atomic E-state index is 14.2. The van der Waals surface area contributed by atoms with E-state index < -0.39 is 60.2 Å². The molecule has 0 amide bonds. The quantitative estimate of drug-likeness (QED) is 0.102. The van der Waals surface area contributed by atoms with Crippen LogP contribution in [0.25, 0.3) is 32.4 Å². The lowest BCUT2D eigenvalue weighted by Crippen LogP contribution is -2.71. The Bertz CT molecular complexity index is 2030. The van der Waals surface area contributed by atoms with Crippen molar-refractivity contribution in [2.24, 2.45) is 11.8 Å². The molecule has 250 valence electrons. The number of ether oxygens (including phenoxy) is 3. The van der Waals surface area contributed by atoms with E-state index in [2.05, 4.69) is 4.98 Å².